The normalized spacial score (nSPS) is 19.2. The summed E-state index contributed by atoms with van der Waals surface area (Å²) in [5, 5.41) is 0.839. The molecule has 4 nitrogen and oxygen atoms in total. The van der Waals surface area contributed by atoms with Crippen LogP contribution in [-0.2, 0) is 4.79 Å². The van der Waals surface area contributed by atoms with Crippen molar-refractivity contribution in [1.82, 2.24) is 0 Å². The van der Waals surface area contributed by atoms with Gasteiger partial charge in [0.2, 0.25) is 0 Å². The fourth-order valence-electron chi connectivity index (χ4n) is 3.22. The number of rotatable bonds is 4. The second-order valence-corrected chi connectivity index (χ2v) is 7.01. The van der Waals surface area contributed by atoms with Crippen LogP contribution >= 0.6 is 11.6 Å². The predicted octanol–water partition coefficient (Wildman–Crippen LogP) is 4.86. The summed E-state index contributed by atoms with van der Waals surface area (Å²) in [7, 11) is 0. The molecule has 26 heavy (non-hydrogen) atoms. The summed E-state index contributed by atoms with van der Waals surface area (Å²) < 4.78 is 12.0. The molecule has 1 aliphatic rings. The van der Waals surface area contributed by atoms with Crippen molar-refractivity contribution in [3.8, 4) is 17.1 Å². The summed E-state index contributed by atoms with van der Waals surface area (Å²) in [6.45, 7) is 1.61. The number of Topliss-reactive ketones (excluding diaryl/α,β-unsaturated/α-hetero) is 1. The second kappa shape index (κ2) is 6.61. The summed E-state index contributed by atoms with van der Waals surface area (Å²) in [4.78, 5) is 23.8. The lowest BCUT2D eigenvalue weighted by Gasteiger charge is -2.34. The Bertz CT molecular complexity index is 1050. The number of hydrogen-bond donors (Lipinski definition) is 0. The molecule has 1 saturated carbocycles. The van der Waals surface area contributed by atoms with Gasteiger partial charge in [0.15, 0.2) is 11.0 Å². The molecule has 1 aromatic heterocycles. The van der Waals surface area contributed by atoms with Crippen LogP contribution in [0.3, 0.4) is 0 Å². The van der Waals surface area contributed by atoms with Gasteiger partial charge in [-0.2, -0.15) is 0 Å². The summed E-state index contributed by atoms with van der Waals surface area (Å²) >= 11 is 6.19. The third-order valence-electron chi connectivity index (χ3n) is 4.82. The highest BCUT2D eigenvalue weighted by molar-refractivity contribution is 6.34. The molecule has 5 heteroatoms. The van der Waals surface area contributed by atoms with Gasteiger partial charge in [-0.15, -0.1) is 0 Å². The van der Waals surface area contributed by atoms with E-state index in [9.17, 15) is 9.59 Å². The summed E-state index contributed by atoms with van der Waals surface area (Å²) in [5.41, 5.74) is 0.906. The van der Waals surface area contributed by atoms with Gasteiger partial charge in [-0.3, -0.25) is 9.59 Å². The van der Waals surface area contributed by atoms with E-state index in [0.29, 0.717) is 33.1 Å². The topological polar surface area (TPSA) is 56.5 Å². The van der Waals surface area contributed by atoms with E-state index in [0.717, 1.165) is 12.8 Å². The molecule has 1 heterocycles. The van der Waals surface area contributed by atoms with Gasteiger partial charge >= 0.3 is 0 Å². The quantitative estimate of drug-likeness (QED) is 0.659. The Hall–Kier alpha value is -2.59. The lowest BCUT2D eigenvalue weighted by Crippen LogP contribution is -2.37. The van der Waals surface area contributed by atoms with Crippen molar-refractivity contribution in [1.29, 1.82) is 0 Å². The van der Waals surface area contributed by atoms with Gasteiger partial charge in [0.1, 0.15) is 23.4 Å². The Morgan fingerprint density at radius 2 is 1.92 bits per heavy atom. The highest BCUT2D eigenvalue weighted by atomic mass is 35.5. The molecule has 0 aliphatic heterocycles. The first-order valence-electron chi connectivity index (χ1n) is 8.52. The molecule has 0 spiro atoms. The maximum atomic E-state index is 12.4. The lowest BCUT2D eigenvalue weighted by molar-refractivity contribution is -0.126. The molecule has 4 rings (SSSR count). The molecule has 0 unspecified atom stereocenters. The van der Waals surface area contributed by atoms with Crippen LogP contribution in [0.2, 0.25) is 5.02 Å². The predicted molar refractivity (Wildman–Crippen MR) is 101 cm³/mol. The SMILES string of the molecule is CC(=O)C1CC(Oc2ccccc2-c2cc(=O)c3cccc(Cl)c3o2)C1. The number of ether oxygens (including phenoxy) is 1. The first-order chi connectivity index (χ1) is 12.5. The number of benzene rings is 2. The van der Waals surface area contributed by atoms with Crippen molar-refractivity contribution in [2.24, 2.45) is 5.92 Å². The minimum Gasteiger partial charge on any atom is -0.490 e. The third-order valence-corrected chi connectivity index (χ3v) is 5.12. The van der Waals surface area contributed by atoms with Crippen molar-refractivity contribution >= 4 is 28.4 Å². The van der Waals surface area contributed by atoms with Gasteiger partial charge < -0.3 is 9.15 Å². The highest BCUT2D eigenvalue weighted by Crippen LogP contribution is 2.37. The molecular formula is C21H17ClO4. The fraction of sp³-hybridized carbons (Fsp3) is 0.238. The average Bonchev–Trinajstić information content (AvgIpc) is 2.58. The van der Waals surface area contributed by atoms with Crippen LogP contribution in [-0.4, -0.2) is 11.9 Å². The average molecular weight is 369 g/mol. The van der Waals surface area contributed by atoms with Gasteiger partial charge in [0.05, 0.1) is 16.0 Å². The van der Waals surface area contributed by atoms with E-state index >= 15 is 0 Å². The Morgan fingerprint density at radius 1 is 1.15 bits per heavy atom. The van der Waals surface area contributed by atoms with E-state index in [1.807, 2.05) is 24.3 Å². The minimum atomic E-state index is -0.154. The van der Waals surface area contributed by atoms with Crippen LogP contribution in [0.15, 0.2) is 57.7 Å². The van der Waals surface area contributed by atoms with Crippen molar-refractivity contribution in [2.75, 3.05) is 0 Å². The van der Waals surface area contributed by atoms with E-state index in [-0.39, 0.29) is 23.2 Å². The highest BCUT2D eigenvalue weighted by Gasteiger charge is 2.34. The smallest absolute Gasteiger partial charge is 0.193 e. The van der Waals surface area contributed by atoms with Crippen LogP contribution in [0.4, 0.5) is 0 Å². The molecule has 2 aromatic carbocycles. The third kappa shape index (κ3) is 3.01. The Labute approximate surface area is 155 Å². The Kier molecular flexibility index (Phi) is 4.29. The zero-order chi connectivity index (χ0) is 18.3. The van der Waals surface area contributed by atoms with Crippen molar-refractivity contribution < 1.29 is 13.9 Å². The van der Waals surface area contributed by atoms with Crippen LogP contribution in [0, 0.1) is 5.92 Å². The second-order valence-electron chi connectivity index (χ2n) is 6.61. The molecule has 0 amide bonds. The molecule has 0 saturated heterocycles. The molecule has 0 atom stereocenters. The van der Waals surface area contributed by atoms with Gasteiger partial charge in [-0.25, -0.2) is 0 Å². The first kappa shape index (κ1) is 16.9. The zero-order valence-corrected chi connectivity index (χ0v) is 15.0. The molecule has 1 fully saturated rings. The maximum absolute atomic E-state index is 12.4. The molecule has 0 bridgehead atoms. The van der Waals surface area contributed by atoms with E-state index in [4.69, 9.17) is 20.8 Å². The van der Waals surface area contributed by atoms with Crippen LogP contribution in [0.1, 0.15) is 19.8 Å². The number of carbonyl (C=O) groups excluding carboxylic acids is 1. The molecule has 3 aromatic rings. The monoisotopic (exact) mass is 368 g/mol. The minimum absolute atomic E-state index is 0.000756. The van der Waals surface area contributed by atoms with E-state index in [2.05, 4.69) is 0 Å². The van der Waals surface area contributed by atoms with Crippen molar-refractivity contribution in [3.63, 3.8) is 0 Å². The molecule has 0 N–H and O–H groups in total. The van der Waals surface area contributed by atoms with E-state index in [1.54, 1.807) is 25.1 Å². The summed E-state index contributed by atoms with van der Waals surface area (Å²) in [6.07, 6.45) is 1.44. The standard InChI is InChI=1S/C21H17ClO4/c1-12(23)13-9-14(10-13)25-19-8-3-2-5-16(19)20-11-18(24)15-6-4-7-17(22)21(15)26-20/h2-8,11,13-14H,9-10H2,1H3. The Morgan fingerprint density at radius 3 is 2.69 bits per heavy atom. The zero-order valence-electron chi connectivity index (χ0n) is 14.2. The van der Waals surface area contributed by atoms with Crippen molar-refractivity contribution in [2.45, 2.75) is 25.9 Å². The molecule has 1 aliphatic carbocycles. The van der Waals surface area contributed by atoms with Crippen molar-refractivity contribution in [3.05, 3.63) is 63.8 Å². The largest absolute Gasteiger partial charge is 0.490 e. The summed E-state index contributed by atoms with van der Waals surface area (Å²) in [5.74, 6) is 1.33. The van der Waals surface area contributed by atoms with Gasteiger partial charge in [-0.05, 0) is 44.0 Å². The number of ketones is 1. The lowest BCUT2D eigenvalue weighted by atomic mass is 9.80. The van der Waals surface area contributed by atoms with Gasteiger partial charge in [0.25, 0.3) is 0 Å². The van der Waals surface area contributed by atoms with Gasteiger partial charge in [-0.1, -0.05) is 29.8 Å². The number of halogens is 1. The molecular weight excluding hydrogens is 352 g/mol. The maximum Gasteiger partial charge on any atom is 0.193 e. The van der Waals surface area contributed by atoms with Gasteiger partial charge in [0, 0.05) is 12.0 Å². The van der Waals surface area contributed by atoms with E-state index in [1.165, 1.54) is 6.07 Å². The first-order valence-corrected chi connectivity index (χ1v) is 8.89. The number of para-hydroxylation sites is 2. The van der Waals surface area contributed by atoms with E-state index < -0.39 is 0 Å². The van der Waals surface area contributed by atoms with Crippen LogP contribution < -0.4 is 10.2 Å². The van der Waals surface area contributed by atoms with Crippen LogP contribution in [0.5, 0.6) is 5.75 Å². The number of carbonyl (C=O) groups is 1. The molecule has 132 valence electrons. The molecule has 0 radical (unpaired) electrons. The fourth-order valence-corrected chi connectivity index (χ4v) is 3.44. The van der Waals surface area contributed by atoms with Crippen LogP contribution in [0.25, 0.3) is 22.3 Å². The number of hydrogen-bond acceptors (Lipinski definition) is 4. The number of fused-ring (bicyclic) bond motifs is 1. The Balaban J connectivity index is 1.71. The summed E-state index contributed by atoms with van der Waals surface area (Å²) in [6, 6.07) is 14.0.